The Labute approximate surface area is 193 Å². The highest BCUT2D eigenvalue weighted by molar-refractivity contribution is 7.15. The monoisotopic (exact) mass is 459 g/mol. The molecular formula is C24H30ClN3O2S. The molecular weight excluding hydrogens is 430 g/mol. The molecule has 1 amide bonds. The fourth-order valence-corrected chi connectivity index (χ4v) is 5.09. The summed E-state index contributed by atoms with van der Waals surface area (Å²) >= 11 is 7.65. The molecule has 4 rings (SSSR count). The first-order chi connectivity index (χ1) is 15.1. The van der Waals surface area contributed by atoms with E-state index in [1.54, 1.807) is 11.3 Å². The summed E-state index contributed by atoms with van der Waals surface area (Å²) in [5.41, 5.74) is 3.18. The van der Waals surface area contributed by atoms with Gasteiger partial charge in [0.15, 0.2) is 4.96 Å². The second-order valence-corrected chi connectivity index (χ2v) is 9.47. The molecule has 1 aromatic carbocycles. The van der Waals surface area contributed by atoms with Crippen LogP contribution in [0.3, 0.4) is 0 Å². The third kappa shape index (κ3) is 5.68. The van der Waals surface area contributed by atoms with Crippen LogP contribution in [0.4, 0.5) is 0 Å². The number of imidazole rings is 1. The number of carbonyl (C=O) groups excluding carboxylic acids is 1. The van der Waals surface area contributed by atoms with Crippen molar-refractivity contribution in [3.05, 3.63) is 46.6 Å². The minimum Gasteiger partial charge on any atom is -0.376 e. The zero-order valence-corrected chi connectivity index (χ0v) is 19.6. The van der Waals surface area contributed by atoms with Crippen molar-refractivity contribution in [2.24, 2.45) is 0 Å². The molecule has 1 atom stereocenters. The van der Waals surface area contributed by atoms with E-state index in [9.17, 15) is 4.79 Å². The molecule has 0 N–H and O–H groups in total. The molecule has 7 heteroatoms. The molecule has 1 fully saturated rings. The van der Waals surface area contributed by atoms with Crippen molar-refractivity contribution < 1.29 is 9.53 Å². The maximum atomic E-state index is 12.9. The van der Waals surface area contributed by atoms with Crippen LogP contribution in [0.5, 0.6) is 0 Å². The first-order valence-electron chi connectivity index (χ1n) is 11.2. The van der Waals surface area contributed by atoms with Crippen molar-refractivity contribution in [3.63, 3.8) is 0 Å². The average Bonchev–Trinajstić information content (AvgIpc) is 3.50. The maximum Gasteiger partial charge on any atom is 0.222 e. The lowest BCUT2D eigenvalue weighted by molar-refractivity contribution is -0.132. The van der Waals surface area contributed by atoms with Crippen LogP contribution in [0, 0.1) is 0 Å². The highest BCUT2D eigenvalue weighted by Crippen LogP contribution is 2.25. The van der Waals surface area contributed by atoms with Crippen LogP contribution in [0.2, 0.25) is 5.02 Å². The van der Waals surface area contributed by atoms with Crippen LogP contribution >= 0.6 is 22.9 Å². The standard InChI is InChI=1S/C24H30ClN3O2S/c1-2-3-4-7-23(29)27(15-21-6-5-14-30-21)13-12-20-17-31-24-26-22(16-28(20)24)18-8-10-19(25)11-9-18/h8-11,16-17,21H,2-7,12-15H2,1H3. The number of unbranched alkanes of at least 4 members (excludes halogenated alkanes) is 2. The number of benzene rings is 1. The Bertz CT molecular complexity index is 992. The number of carbonyl (C=O) groups is 1. The average molecular weight is 460 g/mol. The largest absolute Gasteiger partial charge is 0.376 e. The summed E-state index contributed by atoms with van der Waals surface area (Å²) in [5, 5.41) is 2.88. The topological polar surface area (TPSA) is 46.8 Å². The Morgan fingerprint density at radius 1 is 1.32 bits per heavy atom. The van der Waals surface area contributed by atoms with Gasteiger partial charge in [-0.2, -0.15) is 0 Å². The quantitative estimate of drug-likeness (QED) is 0.357. The third-order valence-electron chi connectivity index (χ3n) is 5.86. The van der Waals surface area contributed by atoms with Gasteiger partial charge in [0.25, 0.3) is 0 Å². The van der Waals surface area contributed by atoms with Gasteiger partial charge in [-0.1, -0.05) is 43.5 Å². The first-order valence-corrected chi connectivity index (χ1v) is 12.5. The van der Waals surface area contributed by atoms with Gasteiger partial charge < -0.3 is 9.64 Å². The minimum absolute atomic E-state index is 0.183. The van der Waals surface area contributed by atoms with Gasteiger partial charge in [-0.15, -0.1) is 11.3 Å². The van der Waals surface area contributed by atoms with Crippen LogP contribution in [-0.4, -0.2) is 46.0 Å². The summed E-state index contributed by atoms with van der Waals surface area (Å²) in [5.74, 6) is 0.253. The van der Waals surface area contributed by atoms with Crippen LogP contribution in [0.15, 0.2) is 35.8 Å². The Morgan fingerprint density at radius 3 is 2.90 bits per heavy atom. The molecule has 0 saturated carbocycles. The van der Waals surface area contributed by atoms with E-state index in [-0.39, 0.29) is 12.0 Å². The first kappa shape index (κ1) is 22.3. The molecule has 166 valence electrons. The number of hydrogen-bond acceptors (Lipinski definition) is 4. The van der Waals surface area contributed by atoms with Gasteiger partial charge in [-0.3, -0.25) is 9.20 Å². The van der Waals surface area contributed by atoms with Crippen molar-refractivity contribution in [3.8, 4) is 11.3 Å². The lowest BCUT2D eigenvalue weighted by atomic mass is 10.1. The van der Waals surface area contributed by atoms with E-state index in [0.717, 1.165) is 66.4 Å². The summed E-state index contributed by atoms with van der Waals surface area (Å²) < 4.78 is 7.96. The van der Waals surface area contributed by atoms with Gasteiger partial charge in [0, 0.05) is 60.4 Å². The van der Waals surface area contributed by atoms with Gasteiger partial charge in [0.05, 0.1) is 11.8 Å². The summed E-state index contributed by atoms with van der Waals surface area (Å²) in [7, 11) is 0. The van der Waals surface area contributed by atoms with Gasteiger partial charge >= 0.3 is 0 Å². The highest BCUT2D eigenvalue weighted by atomic mass is 35.5. The molecule has 1 saturated heterocycles. The van der Waals surface area contributed by atoms with Crippen molar-refractivity contribution in [1.29, 1.82) is 0 Å². The molecule has 3 heterocycles. The Kier molecular flexibility index (Phi) is 7.64. The van der Waals surface area contributed by atoms with E-state index in [4.69, 9.17) is 21.3 Å². The van der Waals surface area contributed by atoms with E-state index >= 15 is 0 Å². The van der Waals surface area contributed by atoms with Crippen LogP contribution in [0.25, 0.3) is 16.2 Å². The predicted molar refractivity (Wildman–Crippen MR) is 127 cm³/mol. The molecule has 3 aromatic rings. The molecule has 0 spiro atoms. The van der Waals surface area contributed by atoms with Gasteiger partial charge in [0.1, 0.15) is 0 Å². The van der Waals surface area contributed by atoms with E-state index in [1.165, 1.54) is 5.69 Å². The third-order valence-corrected chi connectivity index (χ3v) is 7.00. The van der Waals surface area contributed by atoms with E-state index in [2.05, 4.69) is 22.9 Å². The van der Waals surface area contributed by atoms with Crippen LogP contribution in [0.1, 0.15) is 51.1 Å². The zero-order chi connectivity index (χ0) is 21.6. The minimum atomic E-state index is 0.183. The highest BCUT2D eigenvalue weighted by Gasteiger charge is 2.22. The van der Waals surface area contributed by atoms with E-state index < -0.39 is 0 Å². The molecule has 0 bridgehead atoms. The summed E-state index contributed by atoms with van der Waals surface area (Å²) in [4.78, 5) is 20.6. The number of aromatic nitrogens is 2. The van der Waals surface area contributed by atoms with Gasteiger partial charge in [-0.05, 0) is 31.4 Å². The van der Waals surface area contributed by atoms with Crippen molar-refractivity contribution in [1.82, 2.24) is 14.3 Å². The van der Waals surface area contributed by atoms with Crippen molar-refractivity contribution >= 4 is 33.8 Å². The molecule has 0 radical (unpaired) electrons. The van der Waals surface area contributed by atoms with E-state index in [0.29, 0.717) is 19.5 Å². The number of amides is 1. The Morgan fingerprint density at radius 2 is 2.16 bits per heavy atom. The fraction of sp³-hybridized carbons (Fsp3) is 0.500. The van der Waals surface area contributed by atoms with Gasteiger partial charge in [0.2, 0.25) is 5.91 Å². The second kappa shape index (κ2) is 10.6. The van der Waals surface area contributed by atoms with E-state index in [1.807, 2.05) is 29.2 Å². The fourth-order valence-electron chi connectivity index (χ4n) is 4.05. The lowest BCUT2D eigenvalue weighted by Gasteiger charge is -2.25. The number of fused-ring (bicyclic) bond motifs is 1. The number of ether oxygens (including phenoxy) is 1. The maximum absolute atomic E-state index is 12.9. The number of rotatable bonds is 10. The summed E-state index contributed by atoms with van der Waals surface area (Å²) in [6, 6.07) is 7.76. The number of halogens is 1. The summed E-state index contributed by atoms with van der Waals surface area (Å²) in [6.07, 6.45) is 9.04. The molecule has 2 aromatic heterocycles. The van der Waals surface area contributed by atoms with Crippen LogP contribution < -0.4 is 0 Å². The number of nitrogens with zero attached hydrogens (tertiary/aromatic N) is 3. The normalized spacial score (nSPS) is 16.3. The molecule has 5 nitrogen and oxygen atoms in total. The molecule has 1 aliphatic heterocycles. The smallest absolute Gasteiger partial charge is 0.222 e. The Hall–Kier alpha value is -1.89. The van der Waals surface area contributed by atoms with Crippen LogP contribution in [-0.2, 0) is 16.0 Å². The molecule has 1 unspecified atom stereocenters. The SMILES string of the molecule is CCCCCC(=O)N(CCc1csc2nc(-c3ccc(Cl)cc3)cn12)CC1CCCO1. The second-order valence-electron chi connectivity index (χ2n) is 8.19. The predicted octanol–water partition coefficient (Wildman–Crippen LogP) is 5.85. The summed E-state index contributed by atoms with van der Waals surface area (Å²) in [6.45, 7) is 4.40. The zero-order valence-electron chi connectivity index (χ0n) is 18.1. The van der Waals surface area contributed by atoms with Gasteiger partial charge in [-0.25, -0.2) is 4.98 Å². The number of hydrogen-bond donors (Lipinski definition) is 0. The lowest BCUT2D eigenvalue weighted by Crippen LogP contribution is -2.38. The number of thiazole rings is 1. The molecule has 0 aliphatic carbocycles. The van der Waals surface area contributed by atoms with Crippen molar-refractivity contribution in [2.45, 2.75) is 58.0 Å². The molecule has 1 aliphatic rings. The molecule has 31 heavy (non-hydrogen) atoms. The Balaban J connectivity index is 1.45. The van der Waals surface area contributed by atoms with Crippen molar-refractivity contribution in [2.75, 3.05) is 19.7 Å².